The zero-order valence-electron chi connectivity index (χ0n) is 16.5. The third kappa shape index (κ3) is 1.99. The number of rotatable bonds is 2. The van der Waals surface area contributed by atoms with Crippen molar-refractivity contribution in [1.29, 1.82) is 0 Å². The van der Waals surface area contributed by atoms with E-state index in [9.17, 15) is 30.0 Å². The van der Waals surface area contributed by atoms with Crippen molar-refractivity contribution in [3.63, 3.8) is 0 Å². The van der Waals surface area contributed by atoms with Gasteiger partial charge in [-0.3, -0.25) is 9.59 Å². The minimum absolute atomic E-state index is 0.0374. The van der Waals surface area contributed by atoms with E-state index in [2.05, 4.69) is 0 Å². The van der Waals surface area contributed by atoms with E-state index in [0.717, 1.165) is 11.3 Å². The van der Waals surface area contributed by atoms with Crippen molar-refractivity contribution in [3.8, 4) is 5.75 Å². The summed E-state index contributed by atoms with van der Waals surface area (Å²) in [6.07, 6.45) is 0.691. The first-order valence-electron chi connectivity index (χ1n) is 9.70. The van der Waals surface area contributed by atoms with Crippen LogP contribution in [0.2, 0.25) is 0 Å². The summed E-state index contributed by atoms with van der Waals surface area (Å²) in [6.45, 7) is 0. The number of phenols is 1. The van der Waals surface area contributed by atoms with Gasteiger partial charge in [-0.05, 0) is 36.5 Å². The number of allylic oxidation sites excluding steroid dienone is 1. The molecule has 1 heterocycles. The molecular weight excluding hydrogens is 392 g/mol. The second-order valence-electron chi connectivity index (χ2n) is 8.65. The Morgan fingerprint density at radius 2 is 1.93 bits per heavy atom. The Bertz CT molecular complexity index is 1100. The number of nitrogens with two attached hydrogens (primary N) is 1. The van der Waals surface area contributed by atoms with Crippen molar-refractivity contribution in [2.24, 2.45) is 17.6 Å². The summed E-state index contributed by atoms with van der Waals surface area (Å²) in [4.78, 5) is 27.2. The number of aliphatic hydroxyl groups excluding tert-OH is 2. The maximum atomic E-state index is 13.5. The van der Waals surface area contributed by atoms with Gasteiger partial charge in [0.25, 0.3) is 5.91 Å². The quantitative estimate of drug-likeness (QED) is 0.442. The number of primary amides is 1. The van der Waals surface area contributed by atoms with E-state index in [-0.39, 0.29) is 34.8 Å². The van der Waals surface area contributed by atoms with E-state index in [1.807, 2.05) is 19.0 Å². The summed E-state index contributed by atoms with van der Waals surface area (Å²) in [6, 6.07) is 3.20. The molecule has 4 aliphatic rings. The Morgan fingerprint density at radius 3 is 2.57 bits per heavy atom. The van der Waals surface area contributed by atoms with Gasteiger partial charge in [0.05, 0.1) is 5.56 Å². The molecule has 0 bridgehead atoms. The molecule has 1 aromatic rings. The number of phenolic OH excluding ortho intramolecular Hbond substituents is 1. The number of benzene rings is 1. The fourth-order valence-corrected chi connectivity index (χ4v) is 5.65. The standard InChI is InChI=1S/C21H22N2O7/c1-23(2)11-3-4-12(24)15-10(11)6-8-5-9-7-13(25)16(19(22)28)21(29)20(9,30-21)18(27)14(8)17(15)26/h3-4,8-9,24-26,29H,5-7H2,1-2H3,(H2,22,28)/t8?,9?,20-,21?/m0/s1. The second-order valence-corrected chi connectivity index (χ2v) is 8.65. The van der Waals surface area contributed by atoms with Crippen LogP contribution in [-0.2, 0) is 20.7 Å². The fraction of sp³-hybridized carbons (Fsp3) is 0.429. The number of aliphatic hydroxyl groups is 3. The SMILES string of the molecule is CN(C)c1ccc(O)c2c1CC1CC3CC(O)=C(C(N)=O)C4(O)O[C@]34C(=O)C1=C2O. The molecule has 5 rings (SSSR count). The minimum Gasteiger partial charge on any atom is -0.512 e. The first kappa shape index (κ1) is 19.0. The van der Waals surface area contributed by atoms with E-state index < -0.39 is 40.5 Å². The maximum absolute atomic E-state index is 13.5. The Balaban J connectivity index is 1.69. The van der Waals surface area contributed by atoms with Crippen LogP contribution in [0.5, 0.6) is 5.75 Å². The lowest BCUT2D eigenvalue weighted by molar-refractivity contribution is -0.126. The maximum Gasteiger partial charge on any atom is 0.253 e. The van der Waals surface area contributed by atoms with Gasteiger partial charge in [-0.15, -0.1) is 0 Å². The molecule has 1 amide bonds. The Morgan fingerprint density at radius 1 is 1.23 bits per heavy atom. The van der Waals surface area contributed by atoms with Crippen molar-refractivity contribution in [3.05, 3.63) is 40.2 Å². The number of anilines is 1. The summed E-state index contributed by atoms with van der Waals surface area (Å²) in [5.74, 6) is -5.88. The summed E-state index contributed by atoms with van der Waals surface area (Å²) in [7, 11) is 3.69. The number of aromatic hydroxyl groups is 1. The lowest BCUT2D eigenvalue weighted by Crippen LogP contribution is -2.53. The average Bonchev–Trinajstić information content (AvgIpc) is 3.27. The number of ether oxygens (including phenoxy) is 1. The highest BCUT2D eigenvalue weighted by atomic mass is 16.8. The van der Waals surface area contributed by atoms with Gasteiger partial charge in [-0.2, -0.15) is 0 Å². The highest BCUT2D eigenvalue weighted by Gasteiger charge is 2.84. The van der Waals surface area contributed by atoms with Gasteiger partial charge >= 0.3 is 0 Å². The molecule has 30 heavy (non-hydrogen) atoms. The van der Waals surface area contributed by atoms with Crippen LogP contribution < -0.4 is 10.6 Å². The lowest BCUT2D eigenvalue weighted by Gasteiger charge is -2.41. The number of carbonyl (C=O) groups excluding carboxylic acids is 2. The predicted octanol–water partition coefficient (Wildman–Crippen LogP) is 0.647. The molecule has 1 aromatic carbocycles. The molecule has 0 aromatic heterocycles. The highest BCUT2D eigenvalue weighted by molar-refractivity contribution is 6.13. The molecule has 158 valence electrons. The van der Waals surface area contributed by atoms with Crippen LogP contribution in [0.15, 0.2) is 29.0 Å². The topological polar surface area (TPSA) is 157 Å². The van der Waals surface area contributed by atoms with E-state index in [4.69, 9.17) is 10.5 Å². The minimum atomic E-state index is -2.31. The molecule has 1 saturated carbocycles. The van der Waals surface area contributed by atoms with E-state index >= 15 is 0 Å². The summed E-state index contributed by atoms with van der Waals surface area (Å²) in [5.41, 5.74) is 4.79. The highest BCUT2D eigenvalue weighted by Crippen LogP contribution is 2.66. The van der Waals surface area contributed by atoms with Crippen molar-refractivity contribution < 1.29 is 34.8 Å². The number of fused-ring (bicyclic) bond motifs is 2. The van der Waals surface area contributed by atoms with Crippen LogP contribution in [0.25, 0.3) is 5.76 Å². The molecule has 1 spiro atoms. The normalized spacial score (nSPS) is 34.0. The molecule has 3 aliphatic carbocycles. The third-order valence-electron chi connectivity index (χ3n) is 6.91. The molecule has 2 fully saturated rings. The molecule has 6 N–H and O–H groups in total. The smallest absolute Gasteiger partial charge is 0.253 e. The average molecular weight is 414 g/mol. The number of carbonyl (C=O) groups is 2. The third-order valence-corrected chi connectivity index (χ3v) is 6.91. The van der Waals surface area contributed by atoms with Gasteiger partial charge in [0.15, 0.2) is 5.60 Å². The van der Waals surface area contributed by atoms with Crippen molar-refractivity contribution >= 4 is 23.1 Å². The van der Waals surface area contributed by atoms with Gasteiger partial charge in [0.1, 0.15) is 22.8 Å². The van der Waals surface area contributed by atoms with Crippen molar-refractivity contribution in [2.75, 3.05) is 19.0 Å². The van der Waals surface area contributed by atoms with Crippen LogP contribution in [-0.4, -0.2) is 57.6 Å². The monoisotopic (exact) mass is 414 g/mol. The van der Waals surface area contributed by atoms with Crippen molar-refractivity contribution in [1.82, 2.24) is 0 Å². The predicted molar refractivity (Wildman–Crippen MR) is 105 cm³/mol. The molecule has 4 atom stereocenters. The van der Waals surface area contributed by atoms with Crippen molar-refractivity contribution in [2.45, 2.75) is 30.7 Å². The number of hydrogen-bond acceptors (Lipinski definition) is 8. The Labute approximate surface area is 171 Å². The Kier molecular flexibility index (Phi) is 3.51. The van der Waals surface area contributed by atoms with E-state index in [0.29, 0.717) is 12.8 Å². The van der Waals surface area contributed by atoms with Gasteiger partial charge < -0.3 is 35.8 Å². The zero-order valence-corrected chi connectivity index (χ0v) is 16.5. The molecule has 1 saturated heterocycles. The summed E-state index contributed by atoms with van der Waals surface area (Å²) in [5, 5.41) is 42.7. The molecule has 3 unspecified atom stereocenters. The number of nitrogens with zero attached hydrogens (tertiary/aromatic N) is 1. The van der Waals surface area contributed by atoms with Gasteiger partial charge in [0.2, 0.25) is 11.6 Å². The number of Topliss-reactive ketones (excluding diaryl/α,β-unsaturated/α-hetero) is 1. The molecule has 0 radical (unpaired) electrons. The van der Waals surface area contributed by atoms with Gasteiger partial charge in [0, 0.05) is 37.7 Å². The fourth-order valence-electron chi connectivity index (χ4n) is 5.65. The number of amides is 1. The summed E-state index contributed by atoms with van der Waals surface area (Å²) >= 11 is 0. The number of hydrogen-bond donors (Lipinski definition) is 5. The second kappa shape index (κ2) is 5.55. The lowest BCUT2D eigenvalue weighted by atomic mass is 9.60. The van der Waals surface area contributed by atoms with Crippen LogP contribution in [0.1, 0.15) is 24.0 Å². The Hall–Kier alpha value is -3.04. The van der Waals surface area contributed by atoms with E-state index in [1.54, 1.807) is 6.07 Å². The largest absolute Gasteiger partial charge is 0.512 e. The molecule has 1 aliphatic heterocycles. The number of ketones is 1. The van der Waals surface area contributed by atoms with Crippen LogP contribution >= 0.6 is 0 Å². The molecule has 9 heteroatoms. The first-order valence-corrected chi connectivity index (χ1v) is 9.70. The first-order chi connectivity index (χ1) is 14.0. The number of epoxide rings is 1. The molecule has 9 nitrogen and oxygen atoms in total. The molecular formula is C21H22N2O7. The zero-order chi connectivity index (χ0) is 21.7. The van der Waals surface area contributed by atoms with Crippen LogP contribution in [0, 0.1) is 11.8 Å². The van der Waals surface area contributed by atoms with Crippen LogP contribution in [0.3, 0.4) is 0 Å². The van der Waals surface area contributed by atoms with Gasteiger partial charge in [-0.1, -0.05) is 0 Å². The van der Waals surface area contributed by atoms with Gasteiger partial charge in [-0.25, -0.2) is 0 Å². The summed E-state index contributed by atoms with van der Waals surface area (Å²) < 4.78 is 5.46. The van der Waals surface area contributed by atoms with Crippen LogP contribution in [0.4, 0.5) is 5.69 Å². The van der Waals surface area contributed by atoms with E-state index in [1.165, 1.54) is 6.07 Å².